The van der Waals surface area contributed by atoms with E-state index in [1.807, 2.05) is 4.90 Å². The minimum atomic E-state index is -0.475. The topological polar surface area (TPSA) is 92.6 Å². The van der Waals surface area contributed by atoms with E-state index in [0.717, 1.165) is 18.4 Å². The Bertz CT molecular complexity index is 676. The number of hydrogen-bond acceptors (Lipinski definition) is 4. The molecular formula is C17H21N3O4. The number of aryl methyl sites for hydroxylation is 1. The molecule has 3 rings (SSSR count). The van der Waals surface area contributed by atoms with Crippen LogP contribution in [-0.4, -0.2) is 34.7 Å². The Morgan fingerprint density at radius 1 is 1.17 bits per heavy atom. The second-order valence-corrected chi connectivity index (χ2v) is 6.62. The minimum Gasteiger partial charge on any atom is -0.342 e. The third-order valence-corrected chi connectivity index (χ3v) is 4.79. The summed E-state index contributed by atoms with van der Waals surface area (Å²) in [5, 5.41) is 13.7. The first-order chi connectivity index (χ1) is 11.5. The van der Waals surface area contributed by atoms with Crippen molar-refractivity contribution in [2.24, 2.45) is 11.8 Å². The van der Waals surface area contributed by atoms with Crippen LogP contribution in [0, 0.1) is 28.9 Å². The molecule has 2 aliphatic rings. The molecular weight excluding hydrogens is 310 g/mol. The van der Waals surface area contributed by atoms with E-state index in [1.54, 1.807) is 13.0 Å². The number of carbonyl (C=O) groups excluding carboxylic acids is 2. The Balaban J connectivity index is 1.59. The van der Waals surface area contributed by atoms with E-state index in [1.165, 1.54) is 12.1 Å². The first-order valence-corrected chi connectivity index (χ1v) is 8.30. The van der Waals surface area contributed by atoms with Crippen LogP contribution in [0.1, 0.15) is 31.2 Å². The largest absolute Gasteiger partial charge is 0.342 e. The Morgan fingerprint density at radius 3 is 2.42 bits per heavy atom. The number of amides is 2. The highest BCUT2D eigenvalue weighted by Gasteiger charge is 2.36. The zero-order valence-corrected chi connectivity index (χ0v) is 13.7. The molecule has 24 heavy (non-hydrogen) atoms. The molecule has 1 saturated carbocycles. The molecule has 1 heterocycles. The van der Waals surface area contributed by atoms with Gasteiger partial charge in [0.25, 0.3) is 5.69 Å². The fourth-order valence-electron chi connectivity index (χ4n) is 3.04. The van der Waals surface area contributed by atoms with Crippen molar-refractivity contribution in [1.29, 1.82) is 0 Å². The fraction of sp³-hybridized carbons (Fsp3) is 0.529. The number of nitro benzene ring substituents is 1. The third-order valence-electron chi connectivity index (χ3n) is 4.79. The number of nitro groups is 1. The van der Waals surface area contributed by atoms with Gasteiger partial charge in [-0.1, -0.05) is 6.07 Å². The number of anilines is 1. The summed E-state index contributed by atoms with van der Waals surface area (Å²) in [6, 6.07) is 4.44. The first-order valence-electron chi connectivity index (χ1n) is 8.30. The smallest absolute Gasteiger partial charge is 0.271 e. The summed E-state index contributed by atoms with van der Waals surface area (Å²) in [7, 11) is 0. The van der Waals surface area contributed by atoms with Crippen LogP contribution in [0.15, 0.2) is 18.2 Å². The predicted octanol–water partition coefficient (Wildman–Crippen LogP) is 2.49. The van der Waals surface area contributed by atoms with E-state index in [0.29, 0.717) is 31.6 Å². The number of non-ortho nitro benzene ring substituents is 1. The number of benzene rings is 1. The van der Waals surface area contributed by atoms with Crippen molar-refractivity contribution >= 4 is 23.2 Å². The molecule has 0 radical (unpaired) electrons. The lowest BCUT2D eigenvalue weighted by molar-refractivity contribution is -0.384. The number of nitrogens with zero attached hydrogens (tertiary/aromatic N) is 2. The predicted molar refractivity (Wildman–Crippen MR) is 88.5 cm³/mol. The summed E-state index contributed by atoms with van der Waals surface area (Å²) in [4.78, 5) is 36.7. The van der Waals surface area contributed by atoms with Gasteiger partial charge in [-0.3, -0.25) is 19.7 Å². The van der Waals surface area contributed by atoms with Crippen LogP contribution in [0.4, 0.5) is 11.4 Å². The zero-order chi connectivity index (χ0) is 17.3. The normalized spacial score (nSPS) is 18.3. The second kappa shape index (κ2) is 6.59. The minimum absolute atomic E-state index is 0.0410. The summed E-state index contributed by atoms with van der Waals surface area (Å²) in [5.74, 6) is 0.148. The van der Waals surface area contributed by atoms with Gasteiger partial charge >= 0.3 is 0 Å². The van der Waals surface area contributed by atoms with Gasteiger partial charge in [0, 0.05) is 37.1 Å². The lowest BCUT2D eigenvalue weighted by Crippen LogP contribution is -2.42. The van der Waals surface area contributed by atoms with Crippen molar-refractivity contribution in [1.82, 2.24) is 4.90 Å². The Morgan fingerprint density at radius 2 is 1.83 bits per heavy atom. The molecule has 7 nitrogen and oxygen atoms in total. The molecule has 2 fully saturated rings. The van der Waals surface area contributed by atoms with Crippen LogP contribution in [0.5, 0.6) is 0 Å². The summed E-state index contributed by atoms with van der Waals surface area (Å²) in [6.45, 7) is 3.03. The number of rotatable bonds is 4. The lowest BCUT2D eigenvalue weighted by Gasteiger charge is -2.31. The zero-order valence-electron chi connectivity index (χ0n) is 13.7. The van der Waals surface area contributed by atoms with Crippen molar-refractivity contribution in [3.63, 3.8) is 0 Å². The van der Waals surface area contributed by atoms with Gasteiger partial charge in [-0.2, -0.15) is 0 Å². The number of nitrogens with one attached hydrogen (secondary N) is 1. The number of likely N-dealkylation sites (tertiary alicyclic amines) is 1. The average molecular weight is 331 g/mol. The van der Waals surface area contributed by atoms with Crippen LogP contribution in [-0.2, 0) is 9.59 Å². The summed E-state index contributed by atoms with van der Waals surface area (Å²) < 4.78 is 0. The van der Waals surface area contributed by atoms with Gasteiger partial charge < -0.3 is 10.2 Å². The maximum absolute atomic E-state index is 12.4. The number of hydrogen-bond donors (Lipinski definition) is 1. The summed E-state index contributed by atoms with van der Waals surface area (Å²) in [6.07, 6.45) is 3.26. The van der Waals surface area contributed by atoms with E-state index >= 15 is 0 Å². The van der Waals surface area contributed by atoms with E-state index < -0.39 is 4.92 Å². The molecule has 1 aromatic rings. The highest BCUT2D eigenvalue weighted by Crippen LogP contribution is 2.32. The van der Waals surface area contributed by atoms with Crippen molar-refractivity contribution in [3.05, 3.63) is 33.9 Å². The van der Waals surface area contributed by atoms with E-state index in [2.05, 4.69) is 5.32 Å². The summed E-state index contributed by atoms with van der Waals surface area (Å²) >= 11 is 0. The molecule has 0 bridgehead atoms. The molecule has 7 heteroatoms. The van der Waals surface area contributed by atoms with Crippen LogP contribution in [0.3, 0.4) is 0 Å². The van der Waals surface area contributed by atoms with Crippen LogP contribution in [0.2, 0.25) is 0 Å². The van der Waals surface area contributed by atoms with Crippen LogP contribution < -0.4 is 5.32 Å². The number of piperidine rings is 1. The Kier molecular flexibility index (Phi) is 4.51. The van der Waals surface area contributed by atoms with Crippen molar-refractivity contribution in [3.8, 4) is 0 Å². The van der Waals surface area contributed by atoms with Gasteiger partial charge in [-0.15, -0.1) is 0 Å². The van der Waals surface area contributed by atoms with E-state index in [9.17, 15) is 19.7 Å². The van der Waals surface area contributed by atoms with Gasteiger partial charge in [0.2, 0.25) is 11.8 Å². The molecule has 0 aromatic heterocycles. The summed E-state index contributed by atoms with van der Waals surface area (Å²) in [5.41, 5.74) is 1.22. The van der Waals surface area contributed by atoms with Gasteiger partial charge in [0.1, 0.15) is 0 Å². The fourth-order valence-corrected chi connectivity index (χ4v) is 3.04. The maximum Gasteiger partial charge on any atom is 0.271 e. The van der Waals surface area contributed by atoms with Crippen molar-refractivity contribution < 1.29 is 14.5 Å². The van der Waals surface area contributed by atoms with Crippen LogP contribution in [0.25, 0.3) is 0 Å². The van der Waals surface area contributed by atoms with Crippen molar-refractivity contribution in [2.75, 3.05) is 18.4 Å². The molecule has 128 valence electrons. The average Bonchev–Trinajstić information content (AvgIpc) is 3.41. The lowest BCUT2D eigenvalue weighted by atomic mass is 9.95. The molecule has 1 saturated heterocycles. The first kappa shape index (κ1) is 16.4. The maximum atomic E-state index is 12.4. The van der Waals surface area contributed by atoms with Gasteiger partial charge in [0.15, 0.2) is 0 Å². The quantitative estimate of drug-likeness (QED) is 0.677. The highest BCUT2D eigenvalue weighted by molar-refractivity contribution is 5.93. The monoisotopic (exact) mass is 331 g/mol. The highest BCUT2D eigenvalue weighted by atomic mass is 16.6. The molecule has 2 amide bonds. The third kappa shape index (κ3) is 3.55. The Labute approximate surface area is 140 Å². The Hall–Kier alpha value is -2.44. The van der Waals surface area contributed by atoms with E-state index in [-0.39, 0.29) is 29.3 Å². The second-order valence-electron chi connectivity index (χ2n) is 6.62. The molecule has 1 aromatic carbocycles. The van der Waals surface area contributed by atoms with Gasteiger partial charge in [0.05, 0.1) is 10.6 Å². The molecule has 1 N–H and O–H groups in total. The van der Waals surface area contributed by atoms with Gasteiger partial charge in [-0.25, -0.2) is 0 Å². The van der Waals surface area contributed by atoms with E-state index in [4.69, 9.17) is 0 Å². The van der Waals surface area contributed by atoms with Gasteiger partial charge in [-0.05, 0) is 38.2 Å². The van der Waals surface area contributed by atoms with Crippen LogP contribution >= 0.6 is 0 Å². The molecule has 0 unspecified atom stereocenters. The SMILES string of the molecule is Cc1ccc([N+](=O)[O-])cc1NC(=O)C1CCN(C(=O)C2CC2)CC1. The molecule has 0 atom stereocenters. The molecule has 1 aliphatic heterocycles. The standard InChI is InChI=1S/C17H21N3O4/c1-11-2-5-14(20(23)24)10-15(11)18-16(21)12-6-8-19(9-7-12)17(22)13-3-4-13/h2,5,10,12-13H,3-4,6-9H2,1H3,(H,18,21). The number of carbonyl (C=O) groups is 2. The van der Waals surface area contributed by atoms with Crippen molar-refractivity contribution in [2.45, 2.75) is 32.6 Å². The molecule has 1 aliphatic carbocycles. The molecule has 0 spiro atoms.